The molecule has 0 fully saturated rings. The minimum Gasteiger partial charge on any atom is -0.461 e. The molecular weight excluding hydrogens is 136 g/mol. The van der Waals surface area contributed by atoms with E-state index >= 15 is 0 Å². The van der Waals surface area contributed by atoms with Crippen molar-refractivity contribution in [2.75, 3.05) is 12.9 Å². The normalized spacial score (nSPS) is 9.78. The first-order valence-corrected chi connectivity index (χ1v) is 3.86. The van der Waals surface area contributed by atoms with E-state index < -0.39 is 0 Å². The summed E-state index contributed by atoms with van der Waals surface area (Å²) in [5.74, 6) is 1.39. The lowest BCUT2D eigenvalue weighted by atomic mass is 10.3. The van der Waals surface area contributed by atoms with Gasteiger partial charge in [-0.15, -0.1) is 0 Å². The summed E-state index contributed by atoms with van der Waals surface area (Å²) in [6.45, 7) is 4.13. The molecule has 0 saturated carbocycles. The maximum absolute atomic E-state index is 10.5. The van der Waals surface area contributed by atoms with Crippen LogP contribution in [-0.2, 0) is 4.74 Å². The van der Waals surface area contributed by atoms with Crippen LogP contribution in [0.1, 0.15) is 13.8 Å². The second kappa shape index (κ2) is 4.68. The fourth-order valence-electron chi connectivity index (χ4n) is 0.294. The van der Waals surface area contributed by atoms with Gasteiger partial charge in [-0.3, -0.25) is 0 Å². The van der Waals surface area contributed by atoms with Gasteiger partial charge in [0, 0.05) is 5.75 Å². The Morgan fingerprint density at radius 1 is 1.67 bits per heavy atom. The largest absolute Gasteiger partial charge is 0.461 e. The third kappa shape index (κ3) is 5.69. The Balaban J connectivity index is 3.17. The van der Waals surface area contributed by atoms with Crippen LogP contribution in [0.15, 0.2) is 0 Å². The number of carbonyl (C=O) groups is 1. The average molecular weight is 148 g/mol. The average Bonchev–Trinajstić information content (AvgIpc) is 1.83. The van der Waals surface area contributed by atoms with Crippen LogP contribution in [-0.4, -0.2) is 18.2 Å². The van der Waals surface area contributed by atoms with Crippen molar-refractivity contribution in [3.8, 4) is 0 Å². The van der Waals surface area contributed by atoms with Crippen molar-refractivity contribution in [2.24, 2.45) is 5.92 Å². The van der Waals surface area contributed by atoms with Gasteiger partial charge in [0.25, 0.3) is 0 Å². The van der Waals surface area contributed by atoms with Crippen LogP contribution in [0.5, 0.6) is 0 Å². The van der Waals surface area contributed by atoms with Crippen LogP contribution >= 0.6 is 11.8 Å². The Hall–Kier alpha value is -0.180. The van der Waals surface area contributed by atoms with Crippen molar-refractivity contribution in [1.29, 1.82) is 0 Å². The molecule has 0 unspecified atom stereocenters. The van der Waals surface area contributed by atoms with Crippen LogP contribution in [0.3, 0.4) is 0 Å². The summed E-state index contributed by atoms with van der Waals surface area (Å²) in [5.41, 5.74) is 0. The fraction of sp³-hybridized carbons (Fsp3) is 0.833. The summed E-state index contributed by atoms with van der Waals surface area (Å²) < 4.78 is 4.42. The summed E-state index contributed by atoms with van der Waals surface area (Å²) >= 11 is 1.22. The molecule has 0 aliphatic rings. The first kappa shape index (κ1) is 8.82. The van der Waals surface area contributed by atoms with E-state index in [1.807, 2.05) is 0 Å². The molecule has 2 nitrogen and oxygen atoms in total. The van der Waals surface area contributed by atoms with E-state index in [1.165, 1.54) is 18.9 Å². The van der Waals surface area contributed by atoms with Crippen molar-refractivity contribution in [3.63, 3.8) is 0 Å². The summed E-state index contributed by atoms with van der Waals surface area (Å²) in [5, 5.41) is -0.191. The molecule has 0 aliphatic heterocycles. The highest BCUT2D eigenvalue weighted by atomic mass is 32.2. The molecular formula is C6H12O2S. The number of hydrogen-bond donors (Lipinski definition) is 0. The van der Waals surface area contributed by atoms with E-state index in [2.05, 4.69) is 18.6 Å². The maximum atomic E-state index is 10.5. The highest BCUT2D eigenvalue weighted by molar-refractivity contribution is 8.13. The Bertz CT molecular complexity index is 91.1. The number of carbonyl (C=O) groups excluding carboxylic acids is 1. The molecule has 0 rings (SSSR count). The van der Waals surface area contributed by atoms with Crippen molar-refractivity contribution >= 4 is 17.1 Å². The summed E-state index contributed by atoms with van der Waals surface area (Å²) in [6.07, 6.45) is 0. The van der Waals surface area contributed by atoms with Gasteiger partial charge in [0.15, 0.2) is 0 Å². The van der Waals surface area contributed by atoms with Gasteiger partial charge in [-0.2, -0.15) is 0 Å². The molecule has 0 atom stereocenters. The van der Waals surface area contributed by atoms with E-state index in [0.29, 0.717) is 5.92 Å². The number of ether oxygens (including phenoxy) is 1. The summed E-state index contributed by atoms with van der Waals surface area (Å²) in [7, 11) is 1.40. The fourth-order valence-corrected chi connectivity index (χ4v) is 0.881. The predicted molar refractivity (Wildman–Crippen MR) is 39.7 cm³/mol. The van der Waals surface area contributed by atoms with E-state index in [1.54, 1.807) is 0 Å². The smallest absolute Gasteiger partial charge is 0.367 e. The molecule has 0 amide bonds. The van der Waals surface area contributed by atoms with Gasteiger partial charge in [0.05, 0.1) is 7.11 Å². The topological polar surface area (TPSA) is 26.3 Å². The van der Waals surface area contributed by atoms with Gasteiger partial charge in [-0.25, -0.2) is 4.79 Å². The molecule has 0 N–H and O–H groups in total. The number of rotatable bonds is 2. The standard InChI is InChI=1S/C6H12O2S/c1-5(2)4-9-6(7)8-3/h5H,4H2,1-3H3. The zero-order valence-corrected chi connectivity index (χ0v) is 6.83. The van der Waals surface area contributed by atoms with Crippen molar-refractivity contribution in [2.45, 2.75) is 13.8 Å². The maximum Gasteiger partial charge on any atom is 0.367 e. The van der Waals surface area contributed by atoms with Crippen LogP contribution in [0.2, 0.25) is 0 Å². The Morgan fingerprint density at radius 3 is 2.56 bits per heavy atom. The second-order valence-electron chi connectivity index (χ2n) is 2.16. The molecule has 0 aliphatic carbocycles. The second-order valence-corrected chi connectivity index (χ2v) is 3.11. The SMILES string of the molecule is COC(=O)SCC(C)C. The van der Waals surface area contributed by atoms with Gasteiger partial charge in [-0.1, -0.05) is 13.8 Å². The highest BCUT2D eigenvalue weighted by Crippen LogP contribution is 2.09. The summed E-state index contributed by atoms with van der Waals surface area (Å²) in [4.78, 5) is 10.5. The number of methoxy groups -OCH3 is 1. The third-order valence-corrected chi connectivity index (χ3v) is 1.94. The number of hydrogen-bond acceptors (Lipinski definition) is 3. The third-order valence-electron chi connectivity index (χ3n) is 0.701. The minimum atomic E-state index is -0.191. The molecule has 0 aromatic heterocycles. The molecule has 0 heterocycles. The van der Waals surface area contributed by atoms with Crippen molar-refractivity contribution in [1.82, 2.24) is 0 Å². The van der Waals surface area contributed by atoms with Gasteiger partial charge < -0.3 is 4.74 Å². The van der Waals surface area contributed by atoms with Gasteiger partial charge in [0.1, 0.15) is 0 Å². The lowest BCUT2D eigenvalue weighted by Crippen LogP contribution is -1.97. The zero-order valence-electron chi connectivity index (χ0n) is 6.01. The van der Waals surface area contributed by atoms with E-state index in [0.717, 1.165) is 5.75 Å². The molecule has 0 aromatic carbocycles. The first-order chi connectivity index (χ1) is 4.16. The Kier molecular flexibility index (Phi) is 4.58. The molecule has 3 heteroatoms. The highest BCUT2D eigenvalue weighted by Gasteiger charge is 2.01. The van der Waals surface area contributed by atoms with Gasteiger partial charge >= 0.3 is 5.30 Å². The van der Waals surface area contributed by atoms with E-state index in [9.17, 15) is 4.79 Å². The first-order valence-electron chi connectivity index (χ1n) is 2.87. The molecule has 0 radical (unpaired) electrons. The molecule has 0 bridgehead atoms. The summed E-state index contributed by atoms with van der Waals surface area (Å²) in [6, 6.07) is 0. The van der Waals surface area contributed by atoms with Gasteiger partial charge in [0.2, 0.25) is 0 Å². The lowest BCUT2D eigenvalue weighted by molar-refractivity contribution is 0.200. The van der Waals surface area contributed by atoms with Crippen molar-refractivity contribution in [3.05, 3.63) is 0 Å². The van der Waals surface area contributed by atoms with Crippen LogP contribution in [0, 0.1) is 5.92 Å². The van der Waals surface area contributed by atoms with Crippen LogP contribution < -0.4 is 0 Å². The molecule has 9 heavy (non-hydrogen) atoms. The van der Waals surface area contributed by atoms with Crippen LogP contribution in [0.4, 0.5) is 4.79 Å². The lowest BCUT2D eigenvalue weighted by Gasteiger charge is -2.00. The zero-order chi connectivity index (χ0) is 7.28. The molecule has 0 saturated heterocycles. The molecule has 0 aromatic rings. The van der Waals surface area contributed by atoms with E-state index in [4.69, 9.17) is 0 Å². The van der Waals surface area contributed by atoms with E-state index in [-0.39, 0.29) is 5.30 Å². The monoisotopic (exact) mass is 148 g/mol. The minimum absolute atomic E-state index is 0.191. The molecule has 54 valence electrons. The quantitative estimate of drug-likeness (QED) is 0.561. The van der Waals surface area contributed by atoms with Crippen molar-refractivity contribution < 1.29 is 9.53 Å². The van der Waals surface area contributed by atoms with Crippen LogP contribution in [0.25, 0.3) is 0 Å². The Labute approximate surface area is 60.0 Å². The van der Waals surface area contributed by atoms with Gasteiger partial charge in [-0.05, 0) is 17.7 Å². The number of thioether (sulfide) groups is 1. The predicted octanol–water partition coefficient (Wildman–Crippen LogP) is 2.14. The molecule has 0 spiro atoms. The Morgan fingerprint density at radius 2 is 2.22 bits per heavy atom.